The molecule has 0 radical (unpaired) electrons. The van der Waals surface area contributed by atoms with Crippen LogP contribution in [0.4, 0.5) is 22.1 Å². The largest absolute Gasteiger partial charge is 0.497 e. The van der Waals surface area contributed by atoms with Crippen LogP contribution in [-0.4, -0.2) is 92.0 Å². The number of hydrogen-bond acceptors (Lipinski definition) is 11. The number of carbonyl (C=O) groups excluding carboxylic acids is 2. The smallest absolute Gasteiger partial charge is 0.414 e. The third-order valence-electron chi connectivity index (χ3n) is 8.57. The third kappa shape index (κ3) is 6.87. The number of carbonyl (C=O) groups is 2. The van der Waals surface area contributed by atoms with E-state index in [0.29, 0.717) is 80.3 Å². The van der Waals surface area contributed by atoms with Gasteiger partial charge in [-0.1, -0.05) is 6.92 Å². The van der Waals surface area contributed by atoms with E-state index in [1.165, 1.54) is 0 Å². The summed E-state index contributed by atoms with van der Waals surface area (Å²) in [4.78, 5) is 47.6. The minimum atomic E-state index is -0.407. The Morgan fingerprint density at radius 3 is 2.17 bits per heavy atom. The minimum Gasteiger partial charge on any atom is -0.497 e. The van der Waals surface area contributed by atoms with Gasteiger partial charge in [-0.25, -0.2) is 19.7 Å². The average Bonchev–Trinajstić information content (AvgIpc) is 3.09. The van der Waals surface area contributed by atoms with Gasteiger partial charge >= 0.3 is 6.09 Å². The molecule has 13 nitrogen and oxygen atoms in total. The molecular weight excluding hydrogens is 590 g/mol. The SMILES string of the molecule is CCOC(=O)N1c2ccc(OC)nc2[C@@H](N(Cc2cc(OC)cc(OC)c2)c2ncc(N3CCN(C(C)=O)CC3)cn2)C[C@H]1CC. The lowest BCUT2D eigenvalue weighted by atomic mass is 9.92. The zero-order chi connectivity index (χ0) is 32.8. The molecule has 2 aliphatic rings. The van der Waals surface area contributed by atoms with Gasteiger partial charge in [0, 0.05) is 57.8 Å². The first-order valence-electron chi connectivity index (χ1n) is 15.6. The van der Waals surface area contributed by atoms with Gasteiger partial charge in [-0.05, 0) is 43.5 Å². The highest BCUT2D eigenvalue weighted by Gasteiger charge is 2.41. The van der Waals surface area contributed by atoms with Crippen LogP contribution in [0.15, 0.2) is 42.7 Å². The van der Waals surface area contributed by atoms with E-state index >= 15 is 0 Å². The summed E-state index contributed by atoms with van der Waals surface area (Å²) in [6, 6.07) is 8.90. The van der Waals surface area contributed by atoms with Gasteiger partial charge < -0.3 is 33.6 Å². The number of fused-ring (bicyclic) bond motifs is 1. The molecule has 1 saturated heterocycles. The maximum atomic E-state index is 13.3. The number of rotatable bonds is 10. The second kappa shape index (κ2) is 14.5. The molecule has 5 rings (SSSR count). The van der Waals surface area contributed by atoms with Gasteiger partial charge in [0.1, 0.15) is 11.5 Å². The molecule has 2 amide bonds. The van der Waals surface area contributed by atoms with Crippen molar-refractivity contribution in [1.29, 1.82) is 0 Å². The van der Waals surface area contributed by atoms with Crippen LogP contribution in [-0.2, 0) is 16.1 Å². The number of methoxy groups -OCH3 is 3. The van der Waals surface area contributed by atoms with Gasteiger partial charge in [0.2, 0.25) is 17.7 Å². The monoisotopic (exact) mass is 633 g/mol. The van der Waals surface area contributed by atoms with Crippen LogP contribution in [0.25, 0.3) is 0 Å². The highest BCUT2D eigenvalue weighted by molar-refractivity contribution is 5.90. The summed E-state index contributed by atoms with van der Waals surface area (Å²) in [7, 11) is 4.82. The van der Waals surface area contributed by atoms with Gasteiger partial charge in [0.15, 0.2) is 0 Å². The fourth-order valence-electron chi connectivity index (χ4n) is 6.13. The summed E-state index contributed by atoms with van der Waals surface area (Å²) in [6.45, 7) is 8.85. The molecule has 1 fully saturated rings. The summed E-state index contributed by atoms with van der Waals surface area (Å²) in [5.74, 6) is 2.36. The van der Waals surface area contributed by atoms with Gasteiger partial charge in [0.25, 0.3) is 0 Å². The van der Waals surface area contributed by atoms with E-state index in [1.54, 1.807) is 46.1 Å². The van der Waals surface area contributed by atoms with Gasteiger partial charge in [-0.15, -0.1) is 0 Å². The number of benzene rings is 1. The van der Waals surface area contributed by atoms with Crippen LogP contribution >= 0.6 is 0 Å². The van der Waals surface area contributed by atoms with Crippen LogP contribution in [0.3, 0.4) is 0 Å². The minimum absolute atomic E-state index is 0.0842. The van der Waals surface area contributed by atoms with E-state index in [9.17, 15) is 9.59 Å². The quantitative estimate of drug-likeness (QED) is 0.315. The van der Waals surface area contributed by atoms with E-state index in [4.69, 9.17) is 33.9 Å². The Labute approximate surface area is 270 Å². The molecule has 0 bridgehead atoms. The second-order valence-electron chi connectivity index (χ2n) is 11.2. The number of amides is 2. The van der Waals surface area contributed by atoms with Crippen molar-refractivity contribution in [1.82, 2.24) is 19.9 Å². The molecule has 0 aliphatic carbocycles. The Morgan fingerprint density at radius 2 is 1.61 bits per heavy atom. The number of anilines is 3. The Morgan fingerprint density at radius 1 is 0.935 bits per heavy atom. The molecule has 4 heterocycles. The normalized spacial score (nSPS) is 17.7. The van der Waals surface area contributed by atoms with Gasteiger partial charge in [-0.2, -0.15) is 0 Å². The molecule has 1 aromatic carbocycles. The lowest BCUT2D eigenvalue weighted by molar-refractivity contribution is -0.129. The molecule has 2 aromatic heterocycles. The lowest BCUT2D eigenvalue weighted by Gasteiger charge is -2.43. The first-order chi connectivity index (χ1) is 22.3. The zero-order valence-corrected chi connectivity index (χ0v) is 27.4. The number of pyridine rings is 1. The predicted octanol–water partition coefficient (Wildman–Crippen LogP) is 4.46. The van der Waals surface area contributed by atoms with Gasteiger partial charge in [-0.3, -0.25) is 9.69 Å². The molecule has 2 aliphatic heterocycles. The van der Waals surface area contributed by atoms with Crippen molar-refractivity contribution in [3.63, 3.8) is 0 Å². The summed E-state index contributed by atoms with van der Waals surface area (Å²) in [5, 5.41) is 0. The van der Waals surface area contributed by atoms with Crippen LogP contribution in [0, 0.1) is 0 Å². The molecule has 13 heteroatoms. The molecular formula is C33H43N7O6. The van der Waals surface area contributed by atoms with Crippen molar-refractivity contribution in [3.05, 3.63) is 54.0 Å². The van der Waals surface area contributed by atoms with E-state index in [1.807, 2.05) is 41.6 Å². The lowest BCUT2D eigenvalue weighted by Crippen LogP contribution is -2.48. The van der Waals surface area contributed by atoms with Crippen molar-refractivity contribution in [3.8, 4) is 17.4 Å². The first kappa shape index (κ1) is 32.6. The molecule has 0 unspecified atom stereocenters. The molecule has 246 valence electrons. The molecule has 0 spiro atoms. The second-order valence-corrected chi connectivity index (χ2v) is 11.2. The van der Waals surface area contributed by atoms with E-state index in [-0.39, 0.29) is 24.6 Å². The van der Waals surface area contributed by atoms with Crippen LogP contribution in [0.2, 0.25) is 0 Å². The maximum absolute atomic E-state index is 13.3. The van der Waals surface area contributed by atoms with Gasteiger partial charge in [0.05, 0.1) is 63.4 Å². The predicted molar refractivity (Wildman–Crippen MR) is 174 cm³/mol. The number of nitrogens with zero attached hydrogens (tertiary/aromatic N) is 7. The molecule has 0 N–H and O–H groups in total. The highest BCUT2D eigenvalue weighted by Crippen LogP contribution is 2.43. The van der Waals surface area contributed by atoms with Crippen molar-refractivity contribution in [2.45, 2.75) is 52.2 Å². The van der Waals surface area contributed by atoms with Crippen molar-refractivity contribution >= 4 is 29.3 Å². The van der Waals surface area contributed by atoms with Crippen molar-refractivity contribution < 1.29 is 28.5 Å². The number of aromatic nitrogens is 3. The maximum Gasteiger partial charge on any atom is 0.414 e. The van der Waals surface area contributed by atoms with Crippen molar-refractivity contribution in [2.75, 3.05) is 68.8 Å². The highest BCUT2D eigenvalue weighted by atomic mass is 16.6. The number of hydrogen-bond donors (Lipinski definition) is 0. The summed E-state index contributed by atoms with van der Waals surface area (Å²) >= 11 is 0. The Balaban J connectivity index is 1.57. The van der Waals surface area contributed by atoms with E-state index in [2.05, 4.69) is 16.7 Å². The average molecular weight is 634 g/mol. The molecule has 0 saturated carbocycles. The molecule has 3 aromatic rings. The third-order valence-corrected chi connectivity index (χ3v) is 8.57. The summed E-state index contributed by atoms with van der Waals surface area (Å²) < 4.78 is 22.2. The molecule has 46 heavy (non-hydrogen) atoms. The fourth-order valence-corrected chi connectivity index (χ4v) is 6.13. The summed E-state index contributed by atoms with van der Waals surface area (Å²) in [5.41, 5.74) is 3.14. The fraction of sp³-hybridized carbons (Fsp3) is 0.485. The Bertz CT molecular complexity index is 1490. The van der Waals surface area contributed by atoms with Crippen LogP contribution in [0.5, 0.6) is 17.4 Å². The topological polar surface area (TPSA) is 123 Å². The number of ether oxygens (including phenoxy) is 4. The first-order valence-corrected chi connectivity index (χ1v) is 15.6. The standard InChI is InChI=1S/C33H43N7O6/c1-7-24-17-29(31-28(9-10-30(36-31)45-6)40(24)33(42)46-8-2)39(21-23-15-26(43-4)18-27(16-23)44-5)32-34-19-25(20-35-32)38-13-11-37(12-14-38)22(3)41/h9-10,15-16,18-20,24,29H,7-8,11-14,17,21H2,1-6H3/t24-,29+/m1/s1. The zero-order valence-electron chi connectivity index (χ0n) is 27.4. The van der Waals surface area contributed by atoms with Crippen LogP contribution < -0.4 is 28.9 Å². The van der Waals surface area contributed by atoms with Crippen LogP contribution in [0.1, 0.15) is 50.9 Å². The van der Waals surface area contributed by atoms with Crippen molar-refractivity contribution in [2.24, 2.45) is 0 Å². The Hall–Kier alpha value is -4.81. The molecule has 2 atom stereocenters. The Kier molecular flexibility index (Phi) is 10.3. The van der Waals surface area contributed by atoms with E-state index in [0.717, 1.165) is 11.3 Å². The van der Waals surface area contributed by atoms with E-state index < -0.39 is 6.09 Å². The summed E-state index contributed by atoms with van der Waals surface area (Å²) in [6.07, 6.45) is 4.51. The number of piperazine rings is 1.